The number of carboxylic acid groups (broad SMARTS) is 1. The Morgan fingerprint density at radius 3 is 2.81 bits per heavy atom. The Labute approximate surface area is 94.2 Å². The highest BCUT2D eigenvalue weighted by atomic mass is 16.4. The van der Waals surface area contributed by atoms with Crippen molar-refractivity contribution in [3.63, 3.8) is 0 Å². The SMILES string of the molecule is C[C@@H](NC(=O)N1CCC(CCO)C1)C(=O)O. The predicted octanol–water partition coefficient (Wildman–Crippen LogP) is -0.127. The first kappa shape index (κ1) is 12.8. The second kappa shape index (κ2) is 5.69. The van der Waals surface area contributed by atoms with Crippen LogP contribution in [0.1, 0.15) is 19.8 Å². The summed E-state index contributed by atoms with van der Waals surface area (Å²) in [5, 5.41) is 19.8. The molecule has 0 bridgehead atoms. The van der Waals surface area contributed by atoms with Crippen molar-refractivity contribution in [1.29, 1.82) is 0 Å². The van der Waals surface area contributed by atoms with Crippen molar-refractivity contribution in [3.05, 3.63) is 0 Å². The normalized spacial score (nSPS) is 21.9. The van der Waals surface area contributed by atoms with Gasteiger partial charge in [-0.3, -0.25) is 4.79 Å². The maximum atomic E-state index is 11.6. The summed E-state index contributed by atoms with van der Waals surface area (Å²) in [6, 6.07) is -1.21. The van der Waals surface area contributed by atoms with E-state index in [-0.39, 0.29) is 12.6 Å². The third kappa shape index (κ3) is 3.37. The number of carbonyl (C=O) groups is 2. The number of amides is 2. The van der Waals surface area contributed by atoms with Gasteiger partial charge in [0.15, 0.2) is 0 Å². The van der Waals surface area contributed by atoms with E-state index < -0.39 is 12.0 Å². The lowest BCUT2D eigenvalue weighted by Crippen LogP contribution is -2.45. The van der Waals surface area contributed by atoms with Gasteiger partial charge in [-0.05, 0) is 25.7 Å². The van der Waals surface area contributed by atoms with Crippen LogP contribution < -0.4 is 5.32 Å². The van der Waals surface area contributed by atoms with Gasteiger partial charge >= 0.3 is 12.0 Å². The Bertz CT molecular complexity index is 270. The summed E-state index contributed by atoms with van der Waals surface area (Å²) in [4.78, 5) is 23.7. The molecule has 6 nitrogen and oxygen atoms in total. The van der Waals surface area contributed by atoms with E-state index in [9.17, 15) is 9.59 Å². The molecule has 1 aliphatic rings. The van der Waals surface area contributed by atoms with Crippen molar-refractivity contribution in [2.45, 2.75) is 25.8 Å². The van der Waals surface area contributed by atoms with Gasteiger partial charge in [-0.15, -0.1) is 0 Å². The molecule has 0 aromatic rings. The number of aliphatic carboxylic acids is 1. The van der Waals surface area contributed by atoms with Gasteiger partial charge < -0.3 is 20.4 Å². The molecule has 0 saturated carbocycles. The summed E-state index contributed by atoms with van der Waals surface area (Å²) in [7, 11) is 0. The minimum atomic E-state index is -1.04. The fourth-order valence-electron chi connectivity index (χ4n) is 1.77. The van der Waals surface area contributed by atoms with Crippen LogP contribution in [0.2, 0.25) is 0 Å². The average Bonchev–Trinajstić information content (AvgIpc) is 2.66. The highest BCUT2D eigenvalue weighted by Gasteiger charge is 2.27. The standard InChI is InChI=1S/C10H18N2O4/c1-7(9(14)15)11-10(16)12-4-2-8(6-12)3-5-13/h7-8,13H,2-6H2,1H3,(H,11,16)(H,14,15)/t7-,8?/m1/s1. The Kier molecular flexibility index (Phi) is 4.54. The topological polar surface area (TPSA) is 89.9 Å². The molecular weight excluding hydrogens is 212 g/mol. The molecule has 1 unspecified atom stereocenters. The lowest BCUT2D eigenvalue weighted by atomic mass is 10.1. The molecule has 0 aliphatic carbocycles. The van der Waals surface area contributed by atoms with E-state index in [0.29, 0.717) is 25.4 Å². The Hall–Kier alpha value is -1.30. The van der Waals surface area contributed by atoms with Crippen LogP contribution in [-0.4, -0.2) is 52.9 Å². The second-order valence-electron chi connectivity index (χ2n) is 4.12. The molecule has 92 valence electrons. The number of hydrogen-bond acceptors (Lipinski definition) is 3. The largest absolute Gasteiger partial charge is 0.480 e. The molecule has 2 atom stereocenters. The number of rotatable bonds is 4. The van der Waals surface area contributed by atoms with Crippen LogP contribution in [0.25, 0.3) is 0 Å². The molecule has 1 fully saturated rings. The predicted molar refractivity (Wildman–Crippen MR) is 57.0 cm³/mol. The van der Waals surface area contributed by atoms with E-state index in [0.717, 1.165) is 6.42 Å². The number of nitrogens with one attached hydrogen (secondary N) is 1. The molecule has 1 rings (SSSR count). The molecule has 1 saturated heterocycles. The number of likely N-dealkylation sites (tertiary alicyclic amines) is 1. The van der Waals surface area contributed by atoms with Gasteiger partial charge in [0.05, 0.1) is 0 Å². The zero-order chi connectivity index (χ0) is 12.1. The average molecular weight is 230 g/mol. The molecular formula is C10H18N2O4. The second-order valence-corrected chi connectivity index (χ2v) is 4.12. The lowest BCUT2D eigenvalue weighted by molar-refractivity contribution is -0.138. The van der Waals surface area contributed by atoms with Crippen molar-refractivity contribution in [3.8, 4) is 0 Å². The molecule has 0 aromatic carbocycles. The number of carbonyl (C=O) groups excluding carboxylic acids is 1. The van der Waals surface area contributed by atoms with Crippen molar-refractivity contribution in [2.75, 3.05) is 19.7 Å². The first-order valence-electron chi connectivity index (χ1n) is 5.43. The number of hydrogen-bond donors (Lipinski definition) is 3. The maximum Gasteiger partial charge on any atom is 0.325 e. The molecule has 1 aliphatic heterocycles. The van der Waals surface area contributed by atoms with Crippen LogP contribution in [0.3, 0.4) is 0 Å². The summed E-state index contributed by atoms with van der Waals surface area (Å²) in [5.41, 5.74) is 0. The molecule has 1 heterocycles. The highest BCUT2D eigenvalue weighted by molar-refractivity contribution is 5.82. The maximum absolute atomic E-state index is 11.6. The van der Waals surface area contributed by atoms with E-state index in [4.69, 9.17) is 10.2 Å². The van der Waals surface area contributed by atoms with Gasteiger partial charge in [-0.2, -0.15) is 0 Å². The number of carboxylic acids is 1. The molecule has 2 amide bonds. The fourth-order valence-corrected chi connectivity index (χ4v) is 1.77. The van der Waals surface area contributed by atoms with E-state index in [1.807, 2.05) is 0 Å². The van der Waals surface area contributed by atoms with Crippen LogP contribution in [-0.2, 0) is 4.79 Å². The molecule has 0 spiro atoms. The van der Waals surface area contributed by atoms with E-state index >= 15 is 0 Å². The third-order valence-electron chi connectivity index (χ3n) is 2.82. The van der Waals surface area contributed by atoms with Crippen molar-refractivity contribution in [1.82, 2.24) is 10.2 Å². The van der Waals surface area contributed by atoms with Crippen LogP contribution >= 0.6 is 0 Å². The first-order valence-corrected chi connectivity index (χ1v) is 5.43. The molecule has 0 aromatic heterocycles. The third-order valence-corrected chi connectivity index (χ3v) is 2.82. The Morgan fingerprint density at radius 2 is 2.25 bits per heavy atom. The van der Waals surface area contributed by atoms with Crippen LogP contribution in [0.4, 0.5) is 4.79 Å². The number of nitrogens with zero attached hydrogens (tertiary/aromatic N) is 1. The van der Waals surface area contributed by atoms with E-state index in [2.05, 4.69) is 5.32 Å². The van der Waals surface area contributed by atoms with Gasteiger partial charge in [0, 0.05) is 19.7 Å². The van der Waals surface area contributed by atoms with Gasteiger partial charge in [-0.25, -0.2) is 4.79 Å². The molecule has 0 radical (unpaired) electrons. The van der Waals surface area contributed by atoms with Gasteiger partial charge in [0.25, 0.3) is 0 Å². The van der Waals surface area contributed by atoms with Gasteiger partial charge in [0.1, 0.15) is 6.04 Å². The van der Waals surface area contributed by atoms with Crippen LogP contribution in [0.5, 0.6) is 0 Å². The number of urea groups is 1. The van der Waals surface area contributed by atoms with Crippen molar-refractivity contribution in [2.24, 2.45) is 5.92 Å². The minimum Gasteiger partial charge on any atom is -0.480 e. The van der Waals surface area contributed by atoms with Crippen LogP contribution in [0, 0.1) is 5.92 Å². The minimum absolute atomic E-state index is 0.131. The summed E-state index contributed by atoms with van der Waals surface area (Å²) in [6.45, 7) is 2.79. The summed E-state index contributed by atoms with van der Waals surface area (Å²) < 4.78 is 0. The lowest BCUT2D eigenvalue weighted by Gasteiger charge is -2.19. The highest BCUT2D eigenvalue weighted by Crippen LogP contribution is 2.18. The quantitative estimate of drug-likeness (QED) is 0.627. The van der Waals surface area contributed by atoms with Crippen molar-refractivity contribution >= 4 is 12.0 Å². The zero-order valence-electron chi connectivity index (χ0n) is 9.35. The Morgan fingerprint density at radius 1 is 1.56 bits per heavy atom. The van der Waals surface area contributed by atoms with Crippen molar-refractivity contribution < 1.29 is 19.8 Å². The summed E-state index contributed by atoms with van der Waals surface area (Å²) in [6.07, 6.45) is 1.56. The molecule has 6 heteroatoms. The monoisotopic (exact) mass is 230 g/mol. The smallest absolute Gasteiger partial charge is 0.325 e. The summed E-state index contributed by atoms with van der Waals surface area (Å²) >= 11 is 0. The fraction of sp³-hybridized carbons (Fsp3) is 0.800. The van der Waals surface area contributed by atoms with E-state index in [1.54, 1.807) is 4.90 Å². The van der Waals surface area contributed by atoms with Gasteiger partial charge in [-0.1, -0.05) is 0 Å². The van der Waals surface area contributed by atoms with Gasteiger partial charge in [0.2, 0.25) is 0 Å². The molecule has 16 heavy (non-hydrogen) atoms. The first-order chi connectivity index (χ1) is 7.54. The summed E-state index contributed by atoms with van der Waals surface area (Å²) in [5.74, 6) is -0.713. The Balaban J connectivity index is 2.36. The zero-order valence-corrected chi connectivity index (χ0v) is 9.35. The number of aliphatic hydroxyl groups excluding tert-OH is 1. The van der Waals surface area contributed by atoms with E-state index in [1.165, 1.54) is 6.92 Å². The number of aliphatic hydroxyl groups is 1. The van der Waals surface area contributed by atoms with Crippen LogP contribution in [0.15, 0.2) is 0 Å². The molecule has 3 N–H and O–H groups in total.